The molecule has 4 nitrogen and oxygen atoms in total. The van der Waals surface area contributed by atoms with Gasteiger partial charge in [0.2, 0.25) is 5.91 Å². The fourth-order valence-corrected chi connectivity index (χ4v) is 3.10. The lowest BCUT2D eigenvalue weighted by Crippen LogP contribution is -2.26. The lowest BCUT2D eigenvalue weighted by Gasteiger charge is -2.22. The van der Waals surface area contributed by atoms with Gasteiger partial charge in [0.15, 0.2) is 0 Å². The predicted molar refractivity (Wildman–Crippen MR) is 100 cm³/mol. The Hall–Kier alpha value is -2.33. The van der Waals surface area contributed by atoms with E-state index in [1.807, 2.05) is 55.5 Å². The van der Waals surface area contributed by atoms with E-state index >= 15 is 0 Å². The van der Waals surface area contributed by atoms with Gasteiger partial charge in [0.1, 0.15) is 5.75 Å². The van der Waals surface area contributed by atoms with Crippen molar-refractivity contribution in [1.82, 2.24) is 5.01 Å². The number of carbonyl (C=O) groups excluding carboxylic acids is 1. The Morgan fingerprint density at radius 1 is 1.20 bits per heavy atom. The predicted octanol–water partition coefficient (Wildman–Crippen LogP) is 4.83. The van der Waals surface area contributed by atoms with Gasteiger partial charge in [0.25, 0.3) is 0 Å². The number of carbonyl (C=O) groups is 1. The van der Waals surface area contributed by atoms with Crippen LogP contribution in [0.4, 0.5) is 0 Å². The van der Waals surface area contributed by atoms with Gasteiger partial charge in [0, 0.05) is 17.9 Å². The summed E-state index contributed by atoms with van der Waals surface area (Å²) in [5, 5.41) is 6.96. The molecule has 3 rings (SSSR count). The summed E-state index contributed by atoms with van der Waals surface area (Å²) in [5.41, 5.74) is 2.95. The molecule has 0 spiro atoms. The molecule has 0 aliphatic carbocycles. The summed E-state index contributed by atoms with van der Waals surface area (Å²) >= 11 is 5.98. The molecule has 0 fully saturated rings. The van der Waals surface area contributed by atoms with E-state index in [0.717, 1.165) is 29.0 Å². The average molecular weight is 357 g/mol. The van der Waals surface area contributed by atoms with Gasteiger partial charge in [0.05, 0.1) is 18.9 Å². The van der Waals surface area contributed by atoms with E-state index < -0.39 is 0 Å². The molecule has 2 aromatic rings. The Balaban J connectivity index is 1.91. The molecular weight excluding hydrogens is 336 g/mol. The summed E-state index contributed by atoms with van der Waals surface area (Å²) in [6.45, 7) is 2.00. The maximum absolute atomic E-state index is 12.6. The molecule has 1 aliphatic heterocycles. The summed E-state index contributed by atoms with van der Waals surface area (Å²) in [6.07, 6.45) is 1.98. The van der Waals surface area contributed by atoms with Crippen LogP contribution in [0.1, 0.15) is 43.4 Å². The molecule has 0 N–H and O–H groups in total. The molecule has 0 aromatic heterocycles. The number of amides is 1. The summed E-state index contributed by atoms with van der Waals surface area (Å²) < 4.78 is 5.22. The van der Waals surface area contributed by atoms with E-state index in [1.165, 1.54) is 0 Å². The molecule has 5 heteroatoms. The molecular formula is C20H21ClN2O2. The molecule has 0 saturated carbocycles. The number of hydrogen-bond acceptors (Lipinski definition) is 3. The first kappa shape index (κ1) is 17.5. The van der Waals surface area contributed by atoms with Gasteiger partial charge in [-0.15, -0.1) is 0 Å². The molecule has 2 aromatic carbocycles. The van der Waals surface area contributed by atoms with Crippen molar-refractivity contribution >= 4 is 23.2 Å². The van der Waals surface area contributed by atoms with Crippen LogP contribution in [-0.2, 0) is 4.79 Å². The topological polar surface area (TPSA) is 41.9 Å². The van der Waals surface area contributed by atoms with Crippen molar-refractivity contribution in [2.75, 3.05) is 7.11 Å². The molecule has 1 amide bonds. The zero-order valence-electron chi connectivity index (χ0n) is 14.4. The minimum atomic E-state index is -0.0874. The highest BCUT2D eigenvalue weighted by atomic mass is 35.5. The minimum absolute atomic E-state index is 0.0484. The highest BCUT2D eigenvalue weighted by molar-refractivity contribution is 6.30. The normalized spacial score (nSPS) is 16.7. The largest absolute Gasteiger partial charge is 0.497 e. The van der Waals surface area contributed by atoms with Gasteiger partial charge in [-0.25, -0.2) is 5.01 Å². The van der Waals surface area contributed by atoms with Crippen molar-refractivity contribution < 1.29 is 9.53 Å². The lowest BCUT2D eigenvalue weighted by molar-refractivity contribution is -0.133. The van der Waals surface area contributed by atoms with Gasteiger partial charge in [-0.1, -0.05) is 42.8 Å². The first-order chi connectivity index (χ1) is 12.1. The molecule has 0 radical (unpaired) electrons. The van der Waals surface area contributed by atoms with E-state index in [-0.39, 0.29) is 11.9 Å². The minimum Gasteiger partial charge on any atom is -0.497 e. The number of hydrazone groups is 1. The Kier molecular flexibility index (Phi) is 5.39. The zero-order chi connectivity index (χ0) is 17.8. The summed E-state index contributed by atoms with van der Waals surface area (Å²) in [5.74, 6) is 0.847. The quantitative estimate of drug-likeness (QED) is 0.770. The number of benzene rings is 2. The third kappa shape index (κ3) is 3.85. The highest BCUT2D eigenvalue weighted by Gasteiger charge is 2.32. The molecule has 1 aliphatic rings. The third-order valence-corrected chi connectivity index (χ3v) is 4.56. The fourth-order valence-electron chi connectivity index (χ4n) is 2.97. The maximum Gasteiger partial charge on any atom is 0.243 e. The monoisotopic (exact) mass is 356 g/mol. The summed E-state index contributed by atoms with van der Waals surface area (Å²) in [7, 11) is 1.64. The van der Waals surface area contributed by atoms with Gasteiger partial charge < -0.3 is 4.74 Å². The van der Waals surface area contributed by atoms with Crippen LogP contribution in [0.2, 0.25) is 5.02 Å². The van der Waals surface area contributed by atoms with E-state index in [9.17, 15) is 4.79 Å². The van der Waals surface area contributed by atoms with Crippen LogP contribution < -0.4 is 4.74 Å². The van der Waals surface area contributed by atoms with Gasteiger partial charge >= 0.3 is 0 Å². The van der Waals surface area contributed by atoms with E-state index in [1.54, 1.807) is 12.1 Å². The molecule has 25 heavy (non-hydrogen) atoms. The molecule has 0 bridgehead atoms. The van der Waals surface area contributed by atoms with Gasteiger partial charge in [-0.3, -0.25) is 4.79 Å². The van der Waals surface area contributed by atoms with Crippen LogP contribution >= 0.6 is 11.6 Å². The van der Waals surface area contributed by atoms with Crippen molar-refractivity contribution in [3.05, 3.63) is 64.7 Å². The van der Waals surface area contributed by atoms with Crippen LogP contribution in [-0.4, -0.2) is 23.7 Å². The van der Waals surface area contributed by atoms with Crippen LogP contribution in [0.25, 0.3) is 0 Å². The van der Waals surface area contributed by atoms with Crippen LogP contribution in [0.3, 0.4) is 0 Å². The third-order valence-electron chi connectivity index (χ3n) is 4.31. The first-order valence-corrected chi connectivity index (χ1v) is 8.79. The summed E-state index contributed by atoms with van der Waals surface area (Å²) in [4.78, 5) is 12.6. The second-order valence-electron chi connectivity index (χ2n) is 6.03. The van der Waals surface area contributed by atoms with Crippen LogP contribution in [0.15, 0.2) is 53.6 Å². The Labute approximate surface area is 153 Å². The summed E-state index contributed by atoms with van der Waals surface area (Å²) in [6, 6.07) is 15.3. The second-order valence-corrected chi connectivity index (χ2v) is 6.47. The fraction of sp³-hybridized carbons (Fsp3) is 0.300. The molecule has 1 heterocycles. The second kappa shape index (κ2) is 7.70. The van der Waals surface area contributed by atoms with Crippen molar-refractivity contribution in [2.45, 2.75) is 32.2 Å². The van der Waals surface area contributed by atoms with Gasteiger partial charge in [-0.05, 0) is 41.8 Å². The smallest absolute Gasteiger partial charge is 0.243 e. The Morgan fingerprint density at radius 3 is 2.48 bits per heavy atom. The van der Waals surface area contributed by atoms with Crippen LogP contribution in [0, 0.1) is 0 Å². The molecule has 1 atom stereocenters. The zero-order valence-corrected chi connectivity index (χ0v) is 15.2. The standard InChI is InChI=1S/C20H21ClN2O2/c1-3-4-20(24)23-19(15-7-11-17(25-2)12-8-15)13-18(22-23)14-5-9-16(21)10-6-14/h5-12,19H,3-4,13H2,1-2H3/t19-/m1/s1. The first-order valence-electron chi connectivity index (χ1n) is 8.41. The highest BCUT2D eigenvalue weighted by Crippen LogP contribution is 2.34. The van der Waals surface area contributed by atoms with E-state index in [4.69, 9.17) is 16.3 Å². The van der Waals surface area contributed by atoms with Gasteiger partial charge in [-0.2, -0.15) is 5.10 Å². The van der Waals surface area contributed by atoms with Crippen molar-refractivity contribution in [1.29, 1.82) is 0 Å². The van der Waals surface area contributed by atoms with Crippen molar-refractivity contribution in [2.24, 2.45) is 5.10 Å². The number of hydrogen-bond donors (Lipinski definition) is 0. The van der Waals surface area contributed by atoms with E-state index in [2.05, 4.69) is 5.10 Å². The number of methoxy groups -OCH3 is 1. The molecule has 0 unspecified atom stereocenters. The van der Waals surface area contributed by atoms with Crippen molar-refractivity contribution in [3.8, 4) is 5.75 Å². The van der Waals surface area contributed by atoms with Crippen LogP contribution in [0.5, 0.6) is 5.75 Å². The molecule has 130 valence electrons. The maximum atomic E-state index is 12.6. The molecule has 0 saturated heterocycles. The number of nitrogens with zero attached hydrogens (tertiary/aromatic N) is 2. The lowest BCUT2D eigenvalue weighted by atomic mass is 9.98. The number of rotatable bonds is 5. The SMILES string of the molecule is CCCC(=O)N1N=C(c2ccc(Cl)cc2)C[C@@H]1c1ccc(OC)cc1. The Bertz CT molecular complexity index is 769. The van der Waals surface area contributed by atoms with E-state index in [0.29, 0.717) is 17.9 Å². The average Bonchev–Trinajstić information content (AvgIpc) is 3.08. The Morgan fingerprint density at radius 2 is 1.88 bits per heavy atom. The van der Waals surface area contributed by atoms with Crippen molar-refractivity contribution in [3.63, 3.8) is 0 Å². The number of halogens is 1. The number of ether oxygens (including phenoxy) is 1.